The van der Waals surface area contributed by atoms with E-state index in [2.05, 4.69) is 10.7 Å². The Bertz CT molecular complexity index is 427. The monoisotopic (exact) mass is 216 g/mol. The smallest absolute Gasteiger partial charge is 0.330 e. The highest BCUT2D eigenvalue weighted by molar-refractivity contribution is 5.87. The molecule has 0 aromatic heterocycles. The Morgan fingerprint density at radius 2 is 2.25 bits per heavy atom. The van der Waals surface area contributed by atoms with Gasteiger partial charge in [-0.3, -0.25) is 0 Å². The van der Waals surface area contributed by atoms with E-state index < -0.39 is 5.97 Å². The molecule has 0 aliphatic rings. The average Bonchev–Trinajstić information content (AvgIpc) is 2.34. The van der Waals surface area contributed by atoms with Gasteiger partial charge in [0, 0.05) is 11.6 Å². The SMILES string of the molecule is C#CCOc1ccccc1/C=C/C(=O)OC. The van der Waals surface area contributed by atoms with Crippen molar-refractivity contribution in [1.82, 2.24) is 0 Å². The fraction of sp³-hybridized carbons (Fsp3) is 0.154. The van der Waals surface area contributed by atoms with E-state index in [1.165, 1.54) is 13.2 Å². The lowest BCUT2D eigenvalue weighted by Gasteiger charge is -2.05. The summed E-state index contributed by atoms with van der Waals surface area (Å²) in [6.07, 6.45) is 8.06. The van der Waals surface area contributed by atoms with Crippen molar-refractivity contribution in [2.24, 2.45) is 0 Å². The Balaban J connectivity index is 2.83. The first-order valence-corrected chi connectivity index (χ1v) is 4.69. The van der Waals surface area contributed by atoms with Crippen molar-refractivity contribution in [2.75, 3.05) is 13.7 Å². The van der Waals surface area contributed by atoms with Crippen molar-refractivity contribution < 1.29 is 14.3 Å². The van der Waals surface area contributed by atoms with Gasteiger partial charge in [-0.25, -0.2) is 4.79 Å². The van der Waals surface area contributed by atoms with E-state index in [4.69, 9.17) is 11.2 Å². The van der Waals surface area contributed by atoms with Gasteiger partial charge in [-0.1, -0.05) is 24.1 Å². The third-order valence-electron chi connectivity index (χ3n) is 1.83. The Labute approximate surface area is 94.7 Å². The maximum Gasteiger partial charge on any atom is 0.330 e. The van der Waals surface area contributed by atoms with Crippen LogP contribution in [0, 0.1) is 12.3 Å². The van der Waals surface area contributed by atoms with Gasteiger partial charge in [-0.15, -0.1) is 6.42 Å². The lowest BCUT2D eigenvalue weighted by Crippen LogP contribution is -1.96. The maximum atomic E-state index is 10.9. The van der Waals surface area contributed by atoms with Crippen LogP contribution in [0.5, 0.6) is 5.75 Å². The second kappa shape index (κ2) is 6.31. The van der Waals surface area contributed by atoms with Crippen LogP contribution in [0.15, 0.2) is 30.3 Å². The minimum atomic E-state index is -0.410. The second-order valence-electron chi connectivity index (χ2n) is 2.89. The number of terminal acetylenes is 1. The van der Waals surface area contributed by atoms with E-state index in [-0.39, 0.29) is 6.61 Å². The van der Waals surface area contributed by atoms with Gasteiger partial charge in [0.05, 0.1) is 7.11 Å². The lowest BCUT2D eigenvalue weighted by atomic mass is 10.2. The molecule has 0 bridgehead atoms. The van der Waals surface area contributed by atoms with Crippen LogP contribution < -0.4 is 4.74 Å². The molecule has 0 spiro atoms. The number of ether oxygens (including phenoxy) is 2. The Hall–Kier alpha value is -2.21. The summed E-state index contributed by atoms with van der Waals surface area (Å²) in [5, 5.41) is 0. The van der Waals surface area contributed by atoms with E-state index in [1.54, 1.807) is 12.1 Å². The average molecular weight is 216 g/mol. The Morgan fingerprint density at radius 3 is 2.94 bits per heavy atom. The molecule has 0 radical (unpaired) electrons. The molecule has 82 valence electrons. The molecule has 0 saturated heterocycles. The Kier molecular flexibility index (Phi) is 4.68. The van der Waals surface area contributed by atoms with Crippen LogP contribution in [0.3, 0.4) is 0 Å². The first kappa shape index (κ1) is 11.9. The van der Waals surface area contributed by atoms with Gasteiger partial charge >= 0.3 is 5.97 Å². The van der Waals surface area contributed by atoms with Gasteiger partial charge in [0.2, 0.25) is 0 Å². The summed E-state index contributed by atoms with van der Waals surface area (Å²) < 4.78 is 9.81. The van der Waals surface area contributed by atoms with E-state index in [1.807, 2.05) is 18.2 Å². The zero-order chi connectivity index (χ0) is 11.8. The summed E-state index contributed by atoms with van der Waals surface area (Å²) >= 11 is 0. The summed E-state index contributed by atoms with van der Waals surface area (Å²) in [6, 6.07) is 7.29. The number of benzene rings is 1. The van der Waals surface area contributed by atoms with Crippen molar-refractivity contribution >= 4 is 12.0 Å². The zero-order valence-electron chi connectivity index (χ0n) is 8.97. The summed E-state index contributed by atoms with van der Waals surface area (Å²) in [5.74, 6) is 2.61. The number of esters is 1. The highest BCUT2D eigenvalue weighted by atomic mass is 16.5. The number of carbonyl (C=O) groups excluding carboxylic acids is 1. The first-order chi connectivity index (χ1) is 7.77. The summed E-state index contributed by atoms with van der Waals surface area (Å²) in [4.78, 5) is 10.9. The largest absolute Gasteiger partial charge is 0.480 e. The number of rotatable bonds is 4. The second-order valence-corrected chi connectivity index (χ2v) is 2.89. The molecule has 0 aliphatic carbocycles. The highest BCUT2D eigenvalue weighted by Crippen LogP contribution is 2.19. The van der Waals surface area contributed by atoms with Crippen molar-refractivity contribution in [3.05, 3.63) is 35.9 Å². The first-order valence-electron chi connectivity index (χ1n) is 4.69. The van der Waals surface area contributed by atoms with Crippen molar-refractivity contribution in [1.29, 1.82) is 0 Å². The fourth-order valence-corrected chi connectivity index (χ4v) is 1.09. The quantitative estimate of drug-likeness (QED) is 0.438. The van der Waals surface area contributed by atoms with Crippen LogP contribution in [0.25, 0.3) is 6.08 Å². The topological polar surface area (TPSA) is 35.5 Å². The third kappa shape index (κ3) is 3.50. The Morgan fingerprint density at radius 1 is 1.50 bits per heavy atom. The summed E-state index contributed by atoms with van der Waals surface area (Å²) in [6.45, 7) is 0.197. The predicted molar refractivity (Wildman–Crippen MR) is 61.8 cm³/mol. The number of para-hydroxylation sites is 1. The zero-order valence-corrected chi connectivity index (χ0v) is 8.97. The number of carbonyl (C=O) groups is 1. The molecule has 0 fully saturated rings. The molecule has 1 aromatic carbocycles. The van der Waals surface area contributed by atoms with E-state index in [9.17, 15) is 4.79 Å². The van der Waals surface area contributed by atoms with Crippen molar-refractivity contribution in [3.63, 3.8) is 0 Å². The van der Waals surface area contributed by atoms with Crippen LogP contribution in [0.2, 0.25) is 0 Å². The molecular weight excluding hydrogens is 204 g/mol. The van der Waals surface area contributed by atoms with Crippen LogP contribution in [-0.4, -0.2) is 19.7 Å². The predicted octanol–water partition coefficient (Wildman–Crippen LogP) is 1.88. The van der Waals surface area contributed by atoms with Gasteiger partial charge in [-0.05, 0) is 12.1 Å². The van der Waals surface area contributed by atoms with Gasteiger partial charge in [-0.2, -0.15) is 0 Å². The molecular formula is C13H12O3. The third-order valence-corrected chi connectivity index (χ3v) is 1.83. The molecule has 0 saturated carbocycles. The molecule has 3 heteroatoms. The van der Waals surface area contributed by atoms with Crippen LogP contribution in [-0.2, 0) is 9.53 Å². The number of hydrogen-bond donors (Lipinski definition) is 0. The van der Waals surface area contributed by atoms with E-state index in [0.29, 0.717) is 5.75 Å². The molecule has 0 amide bonds. The van der Waals surface area contributed by atoms with Crippen LogP contribution in [0.4, 0.5) is 0 Å². The minimum absolute atomic E-state index is 0.197. The molecule has 0 atom stereocenters. The van der Waals surface area contributed by atoms with Crippen LogP contribution >= 0.6 is 0 Å². The van der Waals surface area contributed by atoms with Gasteiger partial charge in [0.1, 0.15) is 12.4 Å². The van der Waals surface area contributed by atoms with Gasteiger partial charge < -0.3 is 9.47 Å². The van der Waals surface area contributed by atoms with Crippen molar-refractivity contribution in [2.45, 2.75) is 0 Å². The molecule has 0 unspecified atom stereocenters. The number of methoxy groups -OCH3 is 1. The molecule has 1 aromatic rings. The molecule has 0 N–H and O–H groups in total. The number of hydrogen-bond acceptors (Lipinski definition) is 3. The normalized spacial score (nSPS) is 9.75. The minimum Gasteiger partial charge on any atom is -0.480 e. The molecule has 1 rings (SSSR count). The standard InChI is InChI=1S/C13H12O3/c1-3-10-16-12-7-5-4-6-11(12)8-9-13(14)15-2/h1,4-9H,10H2,2H3/b9-8+. The molecule has 3 nitrogen and oxygen atoms in total. The van der Waals surface area contributed by atoms with Gasteiger partial charge in [0.25, 0.3) is 0 Å². The fourth-order valence-electron chi connectivity index (χ4n) is 1.09. The summed E-state index contributed by atoms with van der Waals surface area (Å²) in [5.41, 5.74) is 0.781. The van der Waals surface area contributed by atoms with Crippen LogP contribution in [0.1, 0.15) is 5.56 Å². The summed E-state index contributed by atoms with van der Waals surface area (Å²) in [7, 11) is 1.33. The molecule has 0 aliphatic heterocycles. The van der Waals surface area contributed by atoms with E-state index >= 15 is 0 Å². The van der Waals surface area contributed by atoms with Crippen molar-refractivity contribution in [3.8, 4) is 18.1 Å². The van der Waals surface area contributed by atoms with E-state index in [0.717, 1.165) is 5.56 Å². The molecule has 0 heterocycles. The highest BCUT2D eigenvalue weighted by Gasteiger charge is 1.99. The van der Waals surface area contributed by atoms with Gasteiger partial charge in [0.15, 0.2) is 0 Å². The maximum absolute atomic E-state index is 10.9. The molecule has 16 heavy (non-hydrogen) atoms. The lowest BCUT2D eigenvalue weighted by molar-refractivity contribution is -0.134.